The molecule has 1 saturated carbocycles. The minimum Gasteiger partial charge on any atom is -0.295 e. The van der Waals surface area contributed by atoms with Gasteiger partial charge in [0, 0.05) is 0 Å². The normalized spacial score (nSPS) is 24.6. The number of Topliss-reactive ketones (excluding diaryl/α,β-unsaturated/α-hetero) is 1. The van der Waals surface area contributed by atoms with Crippen molar-refractivity contribution in [1.29, 1.82) is 0 Å². The molecule has 82 valence electrons. The van der Waals surface area contributed by atoms with E-state index in [0.717, 1.165) is 18.4 Å². The Kier molecular flexibility index (Phi) is 2.81. The molecular formula is C14H20O. The zero-order valence-electron chi connectivity index (χ0n) is 9.64. The summed E-state index contributed by atoms with van der Waals surface area (Å²) >= 11 is 0. The van der Waals surface area contributed by atoms with Crippen molar-refractivity contribution < 1.29 is 4.79 Å². The fraction of sp³-hybridized carbons (Fsp3) is 0.643. The summed E-state index contributed by atoms with van der Waals surface area (Å²) in [6.07, 6.45) is 10.7. The summed E-state index contributed by atoms with van der Waals surface area (Å²) in [7, 11) is 0. The Morgan fingerprint density at radius 1 is 1.27 bits per heavy atom. The van der Waals surface area contributed by atoms with Gasteiger partial charge in [0.25, 0.3) is 0 Å². The van der Waals surface area contributed by atoms with E-state index >= 15 is 0 Å². The van der Waals surface area contributed by atoms with Gasteiger partial charge in [0.1, 0.15) is 0 Å². The average Bonchev–Trinajstić information content (AvgIpc) is 2.58. The van der Waals surface area contributed by atoms with Crippen LogP contribution in [0.25, 0.3) is 0 Å². The molecule has 0 bridgehead atoms. The van der Waals surface area contributed by atoms with Crippen LogP contribution in [0, 0.1) is 5.41 Å². The van der Waals surface area contributed by atoms with Crippen molar-refractivity contribution in [2.45, 2.75) is 51.9 Å². The smallest absolute Gasteiger partial charge is 0.156 e. The number of hydrogen-bond donors (Lipinski definition) is 0. The molecule has 0 aromatic rings. The molecule has 0 N–H and O–H groups in total. The van der Waals surface area contributed by atoms with E-state index in [4.69, 9.17) is 0 Å². The van der Waals surface area contributed by atoms with Crippen molar-refractivity contribution in [2.75, 3.05) is 0 Å². The van der Waals surface area contributed by atoms with Gasteiger partial charge in [-0.05, 0) is 49.2 Å². The number of carbonyl (C=O) groups is 1. The number of allylic oxidation sites excluding steroid dienone is 3. The Labute approximate surface area is 92.3 Å². The van der Waals surface area contributed by atoms with Crippen LogP contribution in [0.2, 0.25) is 0 Å². The van der Waals surface area contributed by atoms with Crippen molar-refractivity contribution in [2.24, 2.45) is 5.41 Å². The highest BCUT2D eigenvalue weighted by molar-refractivity contribution is 5.95. The predicted molar refractivity (Wildman–Crippen MR) is 62.7 cm³/mol. The summed E-state index contributed by atoms with van der Waals surface area (Å²) in [4.78, 5) is 11.5. The fourth-order valence-corrected chi connectivity index (χ4v) is 3.26. The van der Waals surface area contributed by atoms with Crippen molar-refractivity contribution in [3.63, 3.8) is 0 Å². The number of carbonyl (C=O) groups excluding carboxylic acids is 1. The van der Waals surface area contributed by atoms with Gasteiger partial charge in [0.2, 0.25) is 0 Å². The first-order chi connectivity index (χ1) is 7.17. The molecule has 0 amide bonds. The highest BCUT2D eigenvalue weighted by atomic mass is 16.1. The van der Waals surface area contributed by atoms with E-state index in [1.54, 1.807) is 6.92 Å². The molecule has 1 fully saturated rings. The first kappa shape index (κ1) is 10.7. The van der Waals surface area contributed by atoms with E-state index in [2.05, 4.69) is 6.58 Å². The van der Waals surface area contributed by atoms with E-state index in [9.17, 15) is 4.79 Å². The van der Waals surface area contributed by atoms with Gasteiger partial charge in [-0.1, -0.05) is 31.9 Å². The lowest BCUT2D eigenvalue weighted by Gasteiger charge is -2.33. The predicted octanol–water partition coefficient (Wildman–Crippen LogP) is 3.80. The lowest BCUT2D eigenvalue weighted by Crippen LogP contribution is -2.21. The molecule has 0 unspecified atom stereocenters. The molecule has 0 aliphatic heterocycles. The fourth-order valence-electron chi connectivity index (χ4n) is 3.26. The molecule has 2 rings (SSSR count). The van der Waals surface area contributed by atoms with Crippen molar-refractivity contribution in [3.8, 4) is 0 Å². The quantitative estimate of drug-likeness (QED) is 0.668. The van der Waals surface area contributed by atoms with Crippen molar-refractivity contribution in [3.05, 3.63) is 23.8 Å². The highest BCUT2D eigenvalue weighted by Crippen LogP contribution is 2.51. The monoisotopic (exact) mass is 204 g/mol. The van der Waals surface area contributed by atoms with Crippen LogP contribution in [0.4, 0.5) is 0 Å². The van der Waals surface area contributed by atoms with Gasteiger partial charge in [-0.3, -0.25) is 4.79 Å². The van der Waals surface area contributed by atoms with Gasteiger partial charge in [0.15, 0.2) is 5.78 Å². The van der Waals surface area contributed by atoms with Crippen LogP contribution >= 0.6 is 0 Å². The van der Waals surface area contributed by atoms with Crippen LogP contribution in [-0.4, -0.2) is 5.78 Å². The molecule has 2 aliphatic rings. The lowest BCUT2D eigenvalue weighted by atomic mass is 9.71. The molecule has 0 aromatic carbocycles. The first-order valence-electron chi connectivity index (χ1n) is 6.02. The van der Waals surface area contributed by atoms with E-state index in [1.807, 2.05) is 6.08 Å². The topological polar surface area (TPSA) is 17.1 Å². The van der Waals surface area contributed by atoms with E-state index in [-0.39, 0.29) is 5.78 Å². The summed E-state index contributed by atoms with van der Waals surface area (Å²) < 4.78 is 0. The zero-order valence-corrected chi connectivity index (χ0v) is 9.64. The maximum absolute atomic E-state index is 11.5. The molecule has 1 spiro atoms. The summed E-state index contributed by atoms with van der Waals surface area (Å²) in [5.74, 6) is 0.257. The Balaban J connectivity index is 2.19. The largest absolute Gasteiger partial charge is 0.295 e. The second-order valence-corrected chi connectivity index (χ2v) is 5.18. The zero-order chi connectivity index (χ0) is 10.9. The van der Waals surface area contributed by atoms with Crippen molar-refractivity contribution in [1.82, 2.24) is 0 Å². The van der Waals surface area contributed by atoms with Crippen LogP contribution in [0.1, 0.15) is 51.9 Å². The molecule has 0 aromatic heterocycles. The van der Waals surface area contributed by atoms with Crippen LogP contribution in [0.3, 0.4) is 0 Å². The molecule has 0 heterocycles. The van der Waals surface area contributed by atoms with Gasteiger partial charge in [-0.15, -0.1) is 0 Å². The molecule has 2 aliphatic carbocycles. The van der Waals surface area contributed by atoms with Crippen molar-refractivity contribution >= 4 is 5.78 Å². The molecule has 15 heavy (non-hydrogen) atoms. The SMILES string of the molecule is C=CC1=C(C(C)=O)CC2(CCCCC2)C1. The summed E-state index contributed by atoms with van der Waals surface area (Å²) in [5, 5.41) is 0. The standard InChI is InChI=1S/C14H20O/c1-3-12-9-14(7-5-4-6-8-14)10-13(12)11(2)15/h3H,1,4-10H2,2H3. The molecule has 0 radical (unpaired) electrons. The van der Waals surface area contributed by atoms with Gasteiger partial charge in [0.05, 0.1) is 0 Å². The van der Waals surface area contributed by atoms with Crippen LogP contribution in [-0.2, 0) is 4.79 Å². The van der Waals surface area contributed by atoms with Crippen LogP contribution in [0.5, 0.6) is 0 Å². The van der Waals surface area contributed by atoms with Gasteiger partial charge in [-0.25, -0.2) is 0 Å². The van der Waals surface area contributed by atoms with Gasteiger partial charge >= 0.3 is 0 Å². The minimum atomic E-state index is 0.257. The third-order valence-corrected chi connectivity index (χ3v) is 4.09. The second kappa shape index (κ2) is 3.96. The number of rotatable bonds is 2. The molecule has 0 atom stereocenters. The average molecular weight is 204 g/mol. The summed E-state index contributed by atoms with van der Waals surface area (Å²) in [6, 6.07) is 0. The van der Waals surface area contributed by atoms with Gasteiger partial charge in [-0.2, -0.15) is 0 Å². The minimum absolute atomic E-state index is 0.257. The molecule has 1 nitrogen and oxygen atoms in total. The Hall–Kier alpha value is -0.850. The molecular weight excluding hydrogens is 184 g/mol. The maximum atomic E-state index is 11.5. The third kappa shape index (κ3) is 1.92. The van der Waals surface area contributed by atoms with Crippen LogP contribution < -0.4 is 0 Å². The lowest BCUT2D eigenvalue weighted by molar-refractivity contribution is -0.113. The Bertz CT molecular complexity index is 316. The Morgan fingerprint density at radius 3 is 2.40 bits per heavy atom. The number of hydrogen-bond acceptors (Lipinski definition) is 1. The van der Waals surface area contributed by atoms with E-state index in [0.29, 0.717) is 5.41 Å². The second-order valence-electron chi connectivity index (χ2n) is 5.18. The van der Waals surface area contributed by atoms with E-state index < -0.39 is 0 Å². The van der Waals surface area contributed by atoms with E-state index in [1.165, 1.54) is 37.7 Å². The number of ketones is 1. The Morgan fingerprint density at radius 2 is 1.93 bits per heavy atom. The molecule has 1 heteroatoms. The third-order valence-electron chi connectivity index (χ3n) is 4.09. The maximum Gasteiger partial charge on any atom is 0.156 e. The summed E-state index contributed by atoms with van der Waals surface area (Å²) in [5.41, 5.74) is 2.72. The molecule has 0 saturated heterocycles. The first-order valence-corrected chi connectivity index (χ1v) is 6.02. The summed E-state index contributed by atoms with van der Waals surface area (Å²) in [6.45, 7) is 5.54. The van der Waals surface area contributed by atoms with Gasteiger partial charge < -0.3 is 0 Å². The highest BCUT2D eigenvalue weighted by Gasteiger charge is 2.39. The van der Waals surface area contributed by atoms with Crippen LogP contribution in [0.15, 0.2) is 23.8 Å².